The molecule has 0 aliphatic rings. The Morgan fingerprint density at radius 1 is 0.944 bits per heavy atom. The van der Waals surface area contributed by atoms with Crippen LogP contribution in [0, 0.1) is 13.8 Å². The monoisotopic (exact) mass is 240 g/mol. The molecule has 2 aromatic rings. The third kappa shape index (κ3) is 3.10. The van der Waals surface area contributed by atoms with Gasteiger partial charge in [-0.15, -0.1) is 0 Å². The maximum atomic E-state index is 11.9. The predicted octanol–water partition coefficient (Wildman–Crippen LogP) is 3.06. The molecule has 0 bridgehead atoms. The average molecular weight is 240 g/mol. The van der Waals surface area contributed by atoms with Crippen LogP contribution in [0.3, 0.4) is 0 Å². The summed E-state index contributed by atoms with van der Waals surface area (Å²) >= 11 is 0. The quantitative estimate of drug-likeness (QED) is 0.809. The minimum Gasteiger partial charge on any atom is -0.298 e. The maximum absolute atomic E-state index is 11.9. The molecule has 3 nitrogen and oxygen atoms in total. The smallest absolute Gasteiger partial charge is 0.269 e. The van der Waals surface area contributed by atoms with Crippen LogP contribution < -0.4 is 10.9 Å². The highest BCUT2D eigenvalue weighted by Crippen LogP contribution is 2.08. The van der Waals surface area contributed by atoms with E-state index in [1.807, 2.05) is 56.3 Å². The molecule has 2 aromatic carbocycles. The lowest BCUT2D eigenvalue weighted by molar-refractivity contribution is 0.0962. The fraction of sp³-hybridized carbons (Fsp3) is 0.133. The summed E-state index contributed by atoms with van der Waals surface area (Å²) in [7, 11) is 0. The van der Waals surface area contributed by atoms with Crippen LogP contribution in [0.25, 0.3) is 0 Å². The third-order valence-corrected chi connectivity index (χ3v) is 2.65. The predicted molar refractivity (Wildman–Crippen MR) is 73.4 cm³/mol. The summed E-state index contributed by atoms with van der Waals surface area (Å²) < 4.78 is 0. The van der Waals surface area contributed by atoms with Crippen molar-refractivity contribution in [2.75, 3.05) is 5.43 Å². The number of anilines is 1. The first-order valence-corrected chi connectivity index (χ1v) is 5.85. The molecule has 18 heavy (non-hydrogen) atoms. The van der Waals surface area contributed by atoms with E-state index < -0.39 is 0 Å². The molecule has 0 atom stereocenters. The van der Waals surface area contributed by atoms with Gasteiger partial charge in [-0.2, -0.15) is 0 Å². The van der Waals surface area contributed by atoms with Crippen LogP contribution in [0.1, 0.15) is 21.5 Å². The second-order valence-corrected chi connectivity index (χ2v) is 4.31. The maximum Gasteiger partial charge on any atom is 0.269 e. The molecule has 2 N–H and O–H groups in total. The van der Waals surface area contributed by atoms with Crippen molar-refractivity contribution in [2.24, 2.45) is 0 Å². The van der Waals surface area contributed by atoms with E-state index in [-0.39, 0.29) is 5.91 Å². The Bertz CT molecular complexity index is 547. The van der Waals surface area contributed by atoms with E-state index in [2.05, 4.69) is 10.9 Å². The molecule has 0 aliphatic carbocycles. The highest BCUT2D eigenvalue weighted by molar-refractivity contribution is 5.95. The van der Waals surface area contributed by atoms with Crippen molar-refractivity contribution < 1.29 is 4.79 Å². The number of aryl methyl sites for hydroxylation is 2. The highest BCUT2D eigenvalue weighted by atomic mass is 16.2. The first kappa shape index (κ1) is 12.2. The van der Waals surface area contributed by atoms with Gasteiger partial charge in [-0.3, -0.25) is 15.6 Å². The second-order valence-electron chi connectivity index (χ2n) is 4.31. The molecule has 0 aromatic heterocycles. The lowest BCUT2D eigenvalue weighted by Gasteiger charge is -2.09. The zero-order valence-corrected chi connectivity index (χ0v) is 10.5. The van der Waals surface area contributed by atoms with Gasteiger partial charge in [0, 0.05) is 5.56 Å². The summed E-state index contributed by atoms with van der Waals surface area (Å²) in [5.74, 6) is -0.140. The summed E-state index contributed by atoms with van der Waals surface area (Å²) in [4.78, 5) is 11.9. The Morgan fingerprint density at radius 2 is 1.67 bits per heavy atom. The molecule has 0 fully saturated rings. The number of hydrazine groups is 1. The number of carbonyl (C=O) groups is 1. The van der Waals surface area contributed by atoms with Gasteiger partial charge in [-0.1, -0.05) is 35.4 Å². The van der Waals surface area contributed by atoms with E-state index in [1.54, 1.807) is 6.07 Å². The molecule has 3 heteroatoms. The summed E-state index contributed by atoms with van der Waals surface area (Å²) in [6, 6.07) is 15.3. The minimum absolute atomic E-state index is 0.140. The zero-order chi connectivity index (χ0) is 13.0. The van der Waals surface area contributed by atoms with Gasteiger partial charge in [0.2, 0.25) is 0 Å². The van der Waals surface area contributed by atoms with Gasteiger partial charge in [0.15, 0.2) is 0 Å². The van der Waals surface area contributed by atoms with E-state index in [1.165, 1.54) is 5.56 Å². The van der Waals surface area contributed by atoms with Crippen LogP contribution in [0.15, 0.2) is 48.5 Å². The van der Waals surface area contributed by atoms with Crippen LogP contribution in [0.4, 0.5) is 5.69 Å². The summed E-state index contributed by atoms with van der Waals surface area (Å²) in [6.45, 7) is 3.99. The molecule has 0 unspecified atom stereocenters. The number of carbonyl (C=O) groups excluding carboxylic acids is 1. The Hall–Kier alpha value is -2.29. The van der Waals surface area contributed by atoms with Gasteiger partial charge in [0.25, 0.3) is 5.91 Å². The molecular formula is C15H16N2O. The standard InChI is InChI=1S/C15H16N2O/c1-11-6-8-14(9-7-11)16-17-15(18)13-5-3-4-12(2)10-13/h3-10,16H,1-2H3,(H,17,18). The molecule has 1 amide bonds. The van der Waals surface area contributed by atoms with Gasteiger partial charge >= 0.3 is 0 Å². The van der Waals surface area contributed by atoms with E-state index in [0.29, 0.717) is 5.56 Å². The van der Waals surface area contributed by atoms with Crippen molar-refractivity contribution in [3.63, 3.8) is 0 Å². The molecule has 0 aliphatic heterocycles. The van der Waals surface area contributed by atoms with Gasteiger partial charge in [0.05, 0.1) is 5.69 Å². The lowest BCUT2D eigenvalue weighted by atomic mass is 10.1. The fourth-order valence-corrected chi connectivity index (χ4v) is 1.62. The number of amides is 1. The number of hydrogen-bond acceptors (Lipinski definition) is 2. The number of nitrogens with one attached hydrogen (secondary N) is 2. The average Bonchev–Trinajstić information content (AvgIpc) is 2.38. The SMILES string of the molecule is Cc1ccc(NNC(=O)c2cccc(C)c2)cc1. The van der Waals surface area contributed by atoms with E-state index in [9.17, 15) is 4.79 Å². The molecular weight excluding hydrogens is 224 g/mol. The van der Waals surface area contributed by atoms with Crippen molar-refractivity contribution >= 4 is 11.6 Å². The molecule has 0 radical (unpaired) electrons. The van der Waals surface area contributed by atoms with Gasteiger partial charge in [0.1, 0.15) is 0 Å². The van der Waals surface area contributed by atoms with Crippen LogP contribution in [0.2, 0.25) is 0 Å². The highest BCUT2D eigenvalue weighted by Gasteiger charge is 2.04. The molecule has 2 rings (SSSR count). The molecule has 92 valence electrons. The van der Waals surface area contributed by atoms with Crippen molar-refractivity contribution in [1.82, 2.24) is 5.43 Å². The van der Waals surface area contributed by atoms with Crippen LogP contribution in [-0.2, 0) is 0 Å². The first-order valence-electron chi connectivity index (χ1n) is 5.85. The third-order valence-electron chi connectivity index (χ3n) is 2.65. The van der Waals surface area contributed by atoms with Crippen molar-refractivity contribution in [3.05, 3.63) is 65.2 Å². The van der Waals surface area contributed by atoms with Crippen LogP contribution in [0.5, 0.6) is 0 Å². The van der Waals surface area contributed by atoms with Gasteiger partial charge in [-0.05, 0) is 38.1 Å². The fourth-order valence-electron chi connectivity index (χ4n) is 1.62. The zero-order valence-electron chi connectivity index (χ0n) is 10.5. The van der Waals surface area contributed by atoms with Crippen LogP contribution >= 0.6 is 0 Å². The van der Waals surface area contributed by atoms with E-state index >= 15 is 0 Å². The largest absolute Gasteiger partial charge is 0.298 e. The minimum atomic E-state index is -0.140. The molecule has 0 saturated heterocycles. The lowest BCUT2D eigenvalue weighted by Crippen LogP contribution is -2.29. The Balaban J connectivity index is 1.98. The topological polar surface area (TPSA) is 41.1 Å². The normalized spacial score (nSPS) is 9.89. The molecule has 0 heterocycles. The van der Waals surface area contributed by atoms with Crippen LogP contribution in [-0.4, -0.2) is 5.91 Å². The first-order chi connectivity index (χ1) is 8.65. The second kappa shape index (κ2) is 5.36. The Labute approximate surface area is 107 Å². The van der Waals surface area contributed by atoms with Gasteiger partial charge < -0.3 is 0 Å². The van der Waals surface area contributed by atoms with Crippen molar-refractivity contribution in [1.29, 1.82) is 0 Å². The summed E-state index contributed by atoms with van der Waals surface area (Å²) in [5.41, 5.74) is 9.33. The molecule has 0 spiro atoms. The Morgan fingerprint density at radius 3 is 2.33 bits per heavy atom. The number of benzene rings is 2. The Kier molecular flexibility index (Phi) is 3.63. The molecule has 0 saturated carbocycles. The van der Waals surface area contributed by atoms with Crippen molar-refractivity contribution in [3.8, 4) is 0 Å². The summed E-state index contributed by atoms with van der Waals surface area (Å²) in [6.07, 6.45) is 0. The van der Waals surface area contributed by atoms with Crippen molar-refractivity contribution in [2.45, 2.75) is 13.8 Å². The summed E-state index contributed by atoms with van der Waals surface area (Å²) in [5, 5.41) is 0. The number of hydrogen-bond donors (Lipinski definition) is 2. The van der Waals surface area contributed by atoms with E-state index in [4.69, 9.17) is 0 Å². The number of rotatable bonds is 3. The van der Waals surface area contributed by atoms with E-state index in [0.717, 1.165) is 11.3 Å². The van der Waals surface area contributed by atoms with Gasteiger partial charge in [-0.25, -0.2) is 0 Å².